The molecule has 1 heterocycles. The zero-order valence-corrected chi connectivity index (χ0v) is 11.6. The van der Waals surface area contributed by atoms with E-state index in [1.807, 2.05) is 0 Å². The van der Waals surface area contributed by atoms with Crippen LogP contribution in [-0.2, 0) is 10.0 Å². The van der Waals surface area contributed by atoms with Gasteiger partial charge in [-0.15, -0.1) is 0 Å². The largest absolute Gasteiger partial charge is 0.295 e. The van der Waals surface area contributed by atoms with Gasteiger partial charge in [0, 0.05) is 18.1 Å². The summed E-state index contributed by atoms with van der Waals surface area (Å²) in [4.78, 5) is 2.48. The highest BCUT2D eigenvalue weighted by Crippen LogP contribution is 2.27. The van der Waals surface area contributed by atoms with E-state index in [0.29, 0.717) is 12.6 Å². The van der Waals surface area contributed by atoms with Crippen molar-refractivity contribution in [2.45, 2.75) is 51.6 Å². The predicted molar refractivity (Wildman–Crippen MR) is 66.9 cm³/mol. The van der Waals surface area contributed by atoms with Gasteiger partial charge in [0.1, 0.15) is 0 Å². The molecule has 1 rings (SSSR count). The first-order valence-corrected chi connectivity index (χ1v) is 7.81. The van der Waals surface area contributed by atoms with Crippen LogP contribution in [0.3, 0.4) is 0 Å². The van der Waals surface area contributed by atoms with Gasteiger partial charge in [-0.2, -0.15) is 0 Å². The smallest absolute Gasteiger partial charge is 0.208 e. The molecular formula is C11H24N2O2S. The van der Waals surface area contributed by atoms with E-state index in [1.54, 1.807) is 0 Å². The Bertz CT molecular complexity index is 319. The molecule has 0 aromatic heterocycles. The molecule has 1 N–H and O–H groups in total. The van der Waals surface area contributed by atoms with Gasteiger partial charge < -0.3 is 0 Å². The maximum absolute atomic E-state index is 11.0. The minimum Gasteiger partial charge on any atom is -0.295 e. The number of hydrogen-bond acceptors (Lipinski definition) is 3. The lowest BCUT2D eigenvalue weighted by Crippen LogP contribution is -2.45. The monoisotopic (exact) mass is 248 g/mol. The molecule has 0 aromatic carbocycles. The average Bonchev–Trinajstić information content (AvgIpc) is 2.48. The molecule has 1 aliphatic rings. The van der Waals surface area contributed by atoms with Crippen molar-refractivity contribution < 1.29 is 8.42 Å². The van der Waals surface area contributed by atoms with Gasteiger partial charge in [-0.05, 0) is 46.6 Å². The number of nitrogens with zero attached hydrogens (tertiary/aromatic N) is 1. The van der Waals surface area contributed by atoms with E-state index in [9.17, 15) is 8.42 Å². The van der Waals surface area contributed by atoms with Gasteiger partial charge >= 0.3 is 0 Å². The van der Waals surface area contributed by atoms with Crippen molar-refractivity contribution in [3.05, 3.63) is 0 Å². The van der Waals surface area contributed by atoms with Crippen LogP contribution >= 0.6 is 0 Å². The van der Waals surface area contributed by atoms with E-state index in [-0.39, 0.29) is 5.54 Å². The molecule has 1 aliphatic heterocycles. The van der Waals surface area contributed by atoms with E-state index in [0.717, 1.165) is 13.0 Å². The number of likely N-dealkylation sites (tertiary alicyclic amines) is 1. The number of nitrogens with one attached hydrogen (secondary N) is 1. The summed E-state index contributed by atoms with van der Waals surface area (Å²) in [5, 5.41) is 0. The second kappa shape index (κ2) is 5.02. The summed E-state index contributed by atoms with van der Waals surface area (Å²) in [5.74, 6) is 0. The van der Waals surface area contributed by atoms with Gasteiger partial charge in [-0.25, -0.2) is 13.1 Å². The molecule has 96 valence electrons. The minimum atomic E-state index is -3.04. The Morgan fingerprint density at radius 2 is 2.00 bits per heavy atom. The van der Waals surface area contributed by atoms with Crippen LogP contribution in [0.25, 0.3) is 0 Å². The maximum Gasteiger partial charge on any atom is 0.208 e. The van der Waals surface area contributed by atoms with E-state index in [2.05, 4.69) is 30.4 Å². The first kappa shape index (κ1) is 13.9. The van der Waals surface area contributed by atoms with Crippen molar-refractivity contribution >= 4 is 10.0 Å². The first-order chi connectivity index (χ1) is 7.20. The number of rotatable bonds is 4. The standard InChI is InChI=1S/C11H24N2O2S/c1-11(2,3)13-9-5-6-10(13)7-8-12-16(4,14)15/h10,12H,5-9H2,1-4H3. The summed E-state index contributed by atoms with van der Waals surface area (Å²) in [7, 11) is -3.04. The predicted octanol–water partition coefficient (Wildman–Crippen LogP) is 1.19. The Kier molecular flexibility index (Phi) is 4.37. The molecular weight excluding hydrogens is 224 g/mol. The van der Waals surface area contributed by atoms with E-state index in [1.165, 1.54) is 19.1 Å². The summed E-state index contributed by atoms with van der Waals surface area (Å²) in [5.41, 5.74) is 0.187. The van der Waals surface area contributed by atoms with Crippen molar-refractivity contribution in [1.82, 2.24) is 9.62 Å². The Morgan fingerprint density at radius 1 is 1.38 bits per heavy atom. The van der Waals surface area contributed by atoms with Crippen molar-refractivity contribution in [1.29, 1.82) is 0 Å². The van der Waals surface area contributed by atoms with Crippen LogP contribution in [-0.4, -0.2) is 44.2 Å². The zero-order valence-electron chi connectivity index (χ0n) is 10.8. The Balaban J connectivity index is 2.42. The van der Waals surface area contributed by atoms with Gasteiger partial charge in [0.2, 0.25) is 10.0 Å². The third-order valence-corrected chi connectivity index (χ3v) is 3.81. The van der Waals surface area contributed by atoms with Crippen LogP contribution in [0, 0.1) is 0 Å². The molecule has 0 aromatic rings. The van der Waals surface area contributed by atoms with Crippen molar-refractivity contribution in [3.8, 4) is 0 Å². The molecule has 1 fully saturated rings. The molecule has 1 atom stereocenters. The lowest BCUT2D eigenvalue weighted by Gasteiger charge is -2.37. The highest BCUT2D eigenvalue weighted by molar-refractivity contribution is 7.88. The first-order valence-electron chi connectivity index (χ1n) is 5.91. The van der Waals surface area contributed by atoms with E-state index >= 15 is 0 Å². The van der Waals surface area contributed by atoms with Gasteiger partial charge in [0.25, 0.3) is 0 Å². The molecule has 1 unspecified atom stereocenters. The highest BCUT2D eigenvalue weighted by Gasteiger charge is 2.32. The topological polar surface area (TPSA) is 49.4 Å². The quantitative estimate of drug-likeness (QED) is 0.813. The minimum absolute atomic E-state index is 0.187. The maximum atomic E-state index is 11.0. The molecule has 0 bridgehead atoms. The lowest BCUT2D eigenvalue weighted by atomic mass is 10.0. The molecule has 4 nitrogen and oxygen atoms in total. The summed E-state index contributed by atoms with van der Waals surface area (Å²) in [6.07, 6.45) is 4.52. The summed E-state index contributed by atoms with van der Waals surface area (Å²) in [6, 6.07) is 0.522. The summed E-state index contributed by atoms with van der Waals surface area (Å²) < 4.78 is 24.5. The van der Waals surface area contributed by atoms with Crippen molar-refractivity contribution in [3.63, 3.8) is 0 Å². The molecule has 16 heavy (non-hydrogen) atoms. The molecule has 0 spiro atoms. The zero-order chi connectivity index (χ0) is 12.4. The Labute approximate surface area is 99.5 Å². The second-order valence-corrected chi connectivity index (χ2v) is 7.45. The lowest BCUT2D eigenvalue weighted by molar-refractivity contribution is 0.117. The second-order valence-electron chi connectivity index (χ2n) is 5.62. The molecule has 0 saturated carbocycles. The van der Waals surface area contributed by atoms with Gasteiger partial charge in [-0.1, -0.05) is 0 Å². The molecule has 0 aliphatic carbocycles. The summed E-state index contributed by atoms with van der Waals surface area (Å²) >= 11 is 0. The molecule has 0 amide bonds. The fourth-order valence-corrected chi connectivity index (χ4v) is 2.92. The Morgan fingerprint density at radius 3 is 2.50 bits per heavy atom. The summed E-state index contributed by atoms with van der Waals surface area (Å²) in [6.45, 7) is 8.34. The van der Waals surface area contributed by atoms with E-state index in [4.69, 9.17) is 0 Å². The van der Waals surface area contributed by atoms with Crippen molar-refractivity contribution in [2.24, 2.45) is 0 Å². The SMILES string of the molecule is CC(C)(C)N1CCCC1CCNS(C)(=O)=O. The number of hydrogen-bond donors (Lipinski definition) is 1. The van der Waals surface area contributed by atoms with Gasteiger partial charge in [0.05, 0.1) is 6.26 Å². The third kappa shape index (κ3) is 4.39. The Hall–Kier alpha value is -0.130. The highest BCUT2D eigenvalue weighted by atomic mass is 32.2. The number of sulfonamides is 1. The normalized spacial score (nSPS) is 23.9. The van der Waals surface area contributed by atoms with Crippen LogP contribution in [0.1, 0.15) is 40.0 Å². The molecule has 1 saturated heterocycles. The molecule has 0 radical (unpaired) electrons. The van der Waals surface area contributed by atoms with E-state index < -0.39 is 10.0 Å². The average molecular weight is 248 g/mol. The van der Waals surface area contributed by atoms with Gasteiger partial charge in [-0.3, -0.25) is 4.90 Å². The van der Waals surface area contributed by atoms with Crippen LogP contribution in [0.2, 0.25) is 0 Å². The van der Waals surface area contributed by atoms with Crippen LogP contribution in [0.15, 0.2) is 0 Å². The fourth-order valence-electron chi connectivity index (χ4n) is 2.43. The van der Waals surface area contributed by atoms with Crippen LogP contribution < -0.4 is 4.72 Å². The van der Waals surface area contributed by atoms with Gasteiger partial charge in [0.15, 0.2) is 0 Å². The third-order valence-electron chi connectivity index (χ3n) is 3.08. The van der Waals surface area contributed by atoms with Crippen molar-refractivity contribution in [2.75, 3.05) is 19.3 Å². The molecule has 5 heteroatoms. The fraction of sp³-hybridized carbons (Fsp3) is 1.00. The van der Waals surface area contributed by atoms with Crippen LogP contribution in [0.5, 0.6) is 0 Å². The van der Waals surface area contributed by atoms with Crippen LogP contribution in [0.4, 0.5) is 0 Å².